The Hall–Kier alpha value is -1.06. The summed E-state index contributed by atoms with van der Waals surface area (Å²) in [6, 6.07) is 7.66. The van der Waals surface area contributed by atoms with Gasteiger partial charge in [0.25, 0.3) is 0 Å². The first-order valence-corrected chi connectivity index (χ1v) is 7.10. The standard InChI is InChI=1S/C16H24O3/c1-16(17,11-3-5-15-6-4-12-19-15)13-7-9-14(18-2)10-8-13/h7-10,15,17H,3-6,11-12H2,1-2H3. The number of hydrogen-bond donors (Lipinski definition) is 1. The quantitative estimate of drug-likeness (QED) is 0.857. The van der Waals surface area contributed by atoms with Gasteiger partial charge in [-0.05, 0) is 56.7 Å². The summed E-state index contributed by atoms with van der Waals surface area (Å²) in [6.45, 7) is 2.78. The van der Waals surface area contributed by atoms with Gasteiger partial charge in [-0.2, -0.15) is 0 Å². The van der Waals surface area contributed by atoms with Crippen molar-refractivity contribution in [2.75, 3.05) is 13.7 Å². The normalized spacial score (nSPS) is 22.2. The van der Waals surface area contributed by atoms with Crippen LogP contribution >= 0.6 is 0 Å². The van der Waals surface area contributed by atoms with Crippen molar-refractivity contribution in [3.63, 3.8) is 0 Å². The largest absolute Gasteiger partial charge is 0.497 e. The van der Waals surface area contributed by atoms with Gasteiger partial charge in [-0.3, -0.25) is 0 Å². The van der Waals surface area contributed by atoms with Crippen LogP contribution in [0.15, 0.2) is 24.3 Å². The van der Waals surface area contributed by atoms with Crippen LogP contribution in [-0.2, 0) is 10.3 Å². The third kappa shape index (κ3) is 3.95. The van der Waals surface area contributed by atoms with Gasteiger partial charge in [0.1, 0.15) is 5.75 Å². The maximum atomic E-state index is 10.5. The van der Waals surface area contributed by atoms with Crippen molar-refractivity contribution < 1.29 is 14.6 Å². The molecule has 0 aliphatic carbocycles. The van der Waals surface area contributed by atoms with E-state index in [0.717, 1.165) is 37.2 Å². The van der Waals surface area contributed by atoms with Crippen molar-refractivity contribution in [2.45, 2.75) is 50.7 Å². The maximum Gasteiger partial charge on any atom is 0.118 e. The fourth-order valence-electron chi connectivity index (χ4n) is 2.64. The second-order valence-corrected chi connectivity index (χ2v) is 5.53. The zero-order valence-electron chi connectivity index (χ0n) is 11.9. The lowest BCUT2D eigenvalue weighted by Gasteiger charge is -2.24. The van der Waals surface area contributed by atoms with Crippen molar-refractivity contribution >= 4 is 0 Å². The zero-order valence-corrected chi connectivity index (χ0v) is 11.9. The summed E-state index contributed by atoms with van der Waals surface area (Å²) in [5.41, 5.74) is 0.172. The molecule has 0 spiro atoms. The molecule has 1 aliphatic heterocycles. The predicted molar refractivity (Wildman–Crippen MR) is 75.4 cm³/mol. The fraction of sp³-hybridized carbons (Fsp3) is 0.625. The van der Waals surface area contributed by atoms with E-state index in [1.807, 2.05) is 31.2 Å². The topological polar surface area (TPSA) is 38.7 Å². The van der Waals surface area contributed by atoms with Gasteiger partial charge < -0.3 is 14.6 Å². The highest BCUT2D eigenvalue weighted by Gasteiger charge is 2.24. The van der Waals surface area contributed by atoms with Crippen molar-refractivity contribution in [2.24, 2.45) is 0 Å². The van der Waals surface area contributed by atoms with Crippen LogP contribution in [-0.4, -0.2) is 24.9 Å². The van der Waals surface area contributed by atoms with Crippen LogP contribution in [0.4, 0.5) is 0 Å². The smallest absolute Gasteiger partial charge is 0.118 e. The van der Waals surface area contributed by atoms with Gasteiger partial charge in [0.15, 0.2) is 0 Å². The minimum absolute atomic E-state index is 0.409. The molecule has 2 atom stereocenters. The Morgan fingerprint density at radius 1 is 1.37 bits per heavy atom. The SMILES string of the molecule is COc1ccc(C(C)(O)CCCC2CCCO2)cc1. The summed E-state index contributed by atoms with van der Waals surface area (Å²) in [6.07, 6.45) is 5.56. The average Bonchev–Trinajstić information content (AvgIpc) is 2.92. The maximum absolute atomic E-state index is 10.5. The van der Waals surface area contributed by atoms with E-state index in [9.17, 15) is 5.11 Å². The molecule has 2 unspecified atom stereocenters. The second-order valence-electron chi connectivity index (χ2n) is 5.53. The summed E-state index contributed by atoms with van der Waals surface area (Å²) in [4.78, 5) is 0. The van der Waals surface area contributed by atoms with Gasteiger partial charge in [-0.25, -0.2) is 0 Å². The third-order valence-electron chi connectivity index (χ3n) is 3.93. The Bertz CT molecular complexity index is 377. The summed E-state index contributed by atoms with van der Waals surface area (Å²) in [7, 11) is 1.65. The van der Waals surface area contributed by atoms with Crippen LogP contribution in [0, 0.1) is 0 Å². The number of rotatable bonds is 6. The van der Waals surface area contributed by atoms with Gasteiger partial charge in [0.05, 0.1) is 18.8 Å². The Morgan fingerprint density at radius 3 is 2.68 bits per heavy atom. The summed E-state index contributed by atoms with van der Waals surface area (Å²) >= 11 is 0. The van der Waals surface area contributed by atoms with Gasteiger partial charge >= 0.3 is 0 Å². The van der Waals surface area contributed by atoms with E-state index in [4.69, 9.17) is 9.47 Å². The molecule has 1 aromatic rings. The van der Waals surface area contributed by atoms with Crippen LogP contribution in [0.25, 0.3) is 0 Å². The fourth-order valence-corrected chi connectivity index (χ4v) is 2.64. The molecule has 1 saturated heterocycles. The van der Waals surface area contributed by atoms with E-state index in [1.54, 1.807) is 7.11 Å². The first-order valence-electron chi connectivity index (χ1n) is 7.10. The van der Waals surface area contributed by atoms with E-state index in [1.165, 1.54) is 12.8 Å². The summed E-state index contributed by atoms with van der Waals surface area (Å²) in [5.74, 6) is 0.818. The molecule has 1 fully saturated rings. The first-order chi connectivity index (χ1) is 9.12. The van der Waals surface area contributed by atoms with E-state index < -0.39 is 5.60 Å². The predicted octanol–water partition coefficient (Wildman–Crippen LogP) is 3.25. The summed E-state index contributed by atoms with van der Waals surface area (Å²) < 4.78 is 10.7. The number of ether oxygens (including phenoxy) is 2. The molecule has 0 saturated carbocycles. The molecule has 0 amide bonds. The minimum atomic E-state index is -0.773. The molecule has 106 valence electrons. The molecule has 0 aromatic heterocycles. The number of benzene rings is 1. The Morgan fingerprint density at radius 2 is 2.11 bits per heavy atom. The van der Waals surface area contributed by atoms with Crippen LogP contribution in [0.2, 0.25) is 0 Å². The van der Waals surface area contributed by atoms with Crippen LogP contribution in [0.5, 0.6) is 5.75 Å². The Kier molecular flexibility index (Phi) is 4.83. The van der Waals surface area contributed by atoms with Crippen LogP contribution in [0.3, 0.4) is 0 Å². The van der Waals surface area contributed by atoms with Crippen molar-refractivity contribution in [3.8, 4) is 5.75 Å². The lowest BCUT2D eigenvalue weighted by atomic mass is 9.90. The number of aliphatic hydroxyl groups is 1. The van der Waals surface area contributed by atoms with Crippen LogP contribution < -0.4 is 4.74 Å². The van der Waals surface area contributed by atoms with Gasteiger partial charge in [0, 0.05) is 6.61 Å². The minimum Gasteiger partial charge on any atom is -0.497 e. The number of methoxy groups -OCH3 is 1. The molecule has 1 heterocycles. The molecule has 3 nitrogen and oxygen atoms in total. The Labute approximate surface area is 115 Å². The lowest BCUT2D eigenvalue weighted by molar-refractivity contribution is 0.0371. The highest BCUT2D eigenvalue weighted by molar-refractivity contribution is 5.30. The average molecular weight is 264 g/mol. The summed E-state index contributed by atoms with van der Waals surface area (Å²) in [5, 5.41) is 10.5. The monoisotopic (exact) mass is 264 g/mol. The molecule has 19 heavy (non-hydrogen) atoms. The zero-order chi connectivity index (χ0) is 13.7. The molecule has 1 aromatic carbocycles. The molecular weight excluding hydrogens is 240 g/mol. The molecule has 3 heteroatoms. The second kappa shape index (κ2) is 6.40. The molecule has 2 rings (SSSR count). The van der Waals surface area contributed by atoms with E-state index >= 15 is 0 Å². The van der Waals surface area contributed by atoms with Gasteiger partial charge in [-0.15, -0.1) is 0 Å². The van der Waals surface area contributed by atoms with Crippen LogP contribution in [0.1, 0.15) is 44.6 Å². The highest BCUT2D eigenvalue weighted by atomic mass is 16.5. The molecule has 1 aliphatic rings. The number of hydrogen-bond acceptors (Lipinski definition) is 3. The van der Waals surface area contributed by atoms with Crippen molar-refractivity contribution in [3.05, 3.63) is 29.8 Å². The highest BCUT2D eigenvalue weighted by Crippen LogP contribution is 2.29. The third-order valence-corrected chi connectivity index (χ3v) is 3.93. The van der Waals surface area contributed by atoms with E-state index in [2.05, 4.69) is 0 Å². The molecule has 0 radical (unpaired) electrons. The molecular formula is C16H24O3. The van der Waals surface area contributed by atoms with Gasteiger partial charge in [-0.1, -0.05) is 12.1 Å². The lowest BCUT2D eigenvalue weighted by Crippen LogP contribution is -2.21. The molecule has 0 bridgehead atoms. The van der Waals surface area contributed by atoms with Gasteiger partial charge in [0.2, 0.25) is 0 Å². The van der Waals surface area contributed by atoms with E-state index in [-0.39, 0.29) is 0 Å². The molecule has 1 N–H and O–H groups in total. The van der Waals surface area contributed by atoms with E-state index in [0.29, 0.717) is 6.10 Å². The Balaban J connectivity index is 1.85. The van der Waals surface area contributed by atoms with Crippen molar-refractivity contribution in [1.82, 2.24) is 0 Å². The first kappa shape index (κ1) is 14.4. The van der Waals surface area contributed by atoms with Crippen molar-refractivity contribution in [1.29, 1.82) is 0 Å².